The second-order valence-corrected chi connectivity index (χ2v) is 20.0. The van der Waals surface area contributed by atoms with Crippen LogP contribution >= 0.6 is 23.5 Å². The first kappa shape index (κ1) is 20.7. The van der Waals surface area contributed by atoms with Crippen LogP contribution in [0.1, 0.15) is 52.9 Å². The molecular formula is C27H40S2Si. The van der Waals surface area contributed by atoms with Gasteiger partial charge in [0.15, 0.2) is 0 Å². The summed E-state index contributed by atoms with van der Waals surface area (Å²) in [6.45, 7) is 13.1. The molecule has 4 aliphatic carbocycles. The molecule has 0 aromatic carbocycles. The van der Waals surface area contributed by atoms with Gasteiger partial charge in [-0.15, -0.1) is 23.5 Å². The van der Waals surface area contributed by atoms with E-state index < -0.39 is 8.07 Å². The minimum atomic E-state index is -1.46. The van der Waals surface area contributed by atoms with Crippen molar-refractivity contribution in [2.75, 3.05) is 0 Å². The molecule has 2 heterocycles. The van der Waals surface area contributed by atoms with Crippen LogP contribution in [-0.2, 0) is 0 Å². The summed E-state index contributed by atoms with van der Waals surface area (Å²) in [5, 5.41) is 1.75. The standard InChI is InChI=1S/C27H40S2Si/c1-15-12-21-19-9-7-6-8-18(19)10-11-20(21)26(15)30(4,5)27-24-22(13-16(2)28-24)23-14-17(3)29-25(23)27/h10-11,13-15,18-27H,6-9,12H2,1-5H3. The van der Waals surface area contributed by atoms with Gasteiger partial charge in [0.1, 0.15) is 0 Å². The minimum Gasteiger partial charge on any atom is -0.127 e. The van der Waals surface area contributed by atoms with Crippen molar-refractivity contribution in [2.45, 2.75) is 87.6 Å². The summed E-state index contributed by atoms with van der Waals surface area (Å²) in [4.78, 5) is 3.22. The van der Waals surface area contributed by atoms with Gasteiger partial charge in [-0.05, 0) is 95.4 Å². The fraction of sp³-hybridized carbons (Fsp3) is 0.778. The van der Waals surface area contributed by atoms with Gasteiger partial charge >= 0.3 is 0 Å². The Hall–Kier alpha value is 0.137. The second-order valence-electron chi connectivity index (χ2n) is 12.2. The Kier molecular flexibility index (Phi) is 5.06. The Balaban J connectivity index is 1.34. The first-order chi connectivity index (χ1) is 14.4. The van der Waals surface area contributed by atoms with Crippen molar-refractivity contribution >= 4 is 31.6 Å². The lowest BCUT2D eigenvalue weighted by Crippen LogP contribution is -2.48. The maximum atomic E-state index is 2.84. The van der Waals surface area contributed by atoms with Gasteiger partial charge in [-0.1, -0.05) is 57.2 Å². The van der Waals surface area contributed by atoms with Crippen LogP contribution in [0, 0.1) is 41.4 Å². The van der Waals surface area contributed by atoms with Crippen LogP contribution in [0.4, 0.5) is 0 Å². The van der Waals surface area contributed by atoms with Crippen LogP contribution in [0.25, 0.3) is 0 Å². The maximum absolute atomic E-state index is 2.84. The predicted molar refractivity (Wildman–Crippen MR) is 138 cm³/mol. The van der Waals surface area contributed by atoms with E-state index in [2.05, 4.69) is 81.7 Å². The molecule has 0 radical (unpaired) electrons. The topological polar surface area (TPSA) is 0 Å². The van der Waals surface area contributed by atoms with Gasteiger partial charge in [0.25, 0.3) is 0 Å². The van der Waals surface area contributed by atoms with Gasteiger partial charge in [-0.3, -0.25) is 0 Å². The number of fused-ring (bicyclic) bond motifs is 6. The Morgan fingerprint density at radius 2 is 1.43 bits per heavy atom. The van der Waals surface area contributed by atoms with Crippen molar-refractivity contribution in [1.29, 1.82) is 0 Å². The van der Waals surface area contributed by atoms with Gasteiger partial charge in [0.05, 0.1) is 8.07 Å². The summed E-state index contributed by atoms with van der Waals surface area (Å²) in [7, 11) is -1.46. The molecule has 0 aromatic rings. The molecule has 0 nitrogen and oxygen atoms in total. The number of thioether (sulfide) groups is 2. The fourth-order valence-electron chi connectivity index (χ4n) is 9.50. The summed E-state index contributed by atoms with van der Waals surface area (Å²) in [6, 6.07) is 0. The zero-order valence-electron chi connectivity index (χ0n) is 19.5. The monoisotopic (exact) mass is 456 g/mol. The molecule has 0 spiro atoms. The molecule has 3 fully saturated rings. The molecule has 3 saturated carbocycles. The molecule has 10 unspecified atom stereocenters. The smallest absolute Gasteiger partial charge is 0.0569 e. The lowest BCUT2D eigenvalue weighted by Gasteiger charge is -2.47. The molecule has 6 rings (SSSR count). The molecule has 0 bridgehead atoms. The van der Waals surface area contributed by atoms with Crippen molar-refractivity contribution in [3.8, 4) is 0 Å². The van der Waals surface area contributed by atoms with Crippen LogP contribution in [0.3, 0.4) is 0 Å². The molecule has 0 amide bonds. The average Bonchev–Trinajstić information content (AvgIpc) is 3.40. The SMILES string of the molecule is CC1=CC2C3C=C(C)SC3C([Si](C)(C)C3C(C)CC4C3C=CC3CCCCC34)C2S1. The van der Waals surface area contributed by atoms with Crippen molar-refractivity contribution in [2.24, 2.45) is 41.4 Å². The van der Waals surface area contributed by atoms with Gasteiger partial charge in [0, 0.05) is 10.5 Å². The molecule has 3 heteroatoms. The average molecular weight is 457 g/mol. The third-order valence-corrected chi connectivity index (χ3v) is 18.7. The summed E-state index contributed by atoms with van der Waals surface area (Å²) < 4.78 is 0. The highest BCUT2D eigenvalue weighted by Gasteiger charge is 2.63. The predicted octanol–water partition coefficient (Wildman–Crippen LogP) is 8.37. The van der Waals surface area contributed by atoms with Crippen LogP contribution in [0.5, 0.6) is 0 Å². The molecule has 30 heavy (non-hydrogen) atoms. The Bertz CT molecular complexity index is 778. The Labute approximate surface area is 194 Å². The van der Waals surface area contributed by atoms with Crippen molar-refractivity contribution in [1.82, 2.24) is 0 Å². The van der Waals surface area contributed by atoms with E-state index >= 15 is 0 Å². The molecule has 164 valence electrons. The molecule has 6 aliphatic rings. The number of hydrogen-bond donors (Lipinski definition) is 0. The van der Waals surface area contributed by atoms with E-state index in [9.17, 15) is 0 Å². The summed E-state index contributed by atoms with van der Waals surface area (Å²) in [5.41, 5.74) is 1.96. The van der Waals surface area contributed by atoms with E-state index in [1.54, 1.807) is 9.81 Å². The van der Waals surface area contributed by atoms with Gasteiger partial charge in [0.2, 0.25) is 0 Å². The van der Waals surface area contributed by atoms with Crippen molar-refractivity contribution in [3.05, 3.63) is 34.1 Å². The van der Waals surface area contributed by atoms with E-state index in [1.165, 1.54) is 32.1 Å². The van der Waals surface area contributed by atoms with Crippen molar-refractivity contribution < 1.29 is 0 Å². The highest BCUT2D eigenvalue weighted by molar-refractivity contribution is 8.05. The molecule has 0 N–H and O–H groups in total. The normalized spacial score (nSPS) is 51.8. The van der Waals surface area contributed by atoms with E-state index in [-0.39, 0.29) is 0 Å². The maximum Gasteiger partial charge on any atom is 0.0569 e. The number of hydrogen-bond acceptors (Lipinski definition) is 2. The number of allylic oxidation sites excluding steroid dienone is 6. The zero-order chi connectivity index (χ0) is 20.8. The third-order valence-electron chi connectivity index (χ3n) is 10.3. The number of rotatable bonds is 2. The van der Waals surface area contributed by atoms with E-state index in [4.69, 9.17) is 0 Å². The second kappa shape index (κ2) is 7.32. The lowest BCUT2D eigenvalue weighted by molar-refractivity contribution is 0.159. The van der Waals surface area contributed by atoms with Gasteiger partial charge < -0.3 is 0 Å². The first-order valence-corrected chi connectivity index (χ1v) is 17.7. The Morgan fingerprint density at radius 3 is 2.10 bits per heavy atom. The van der Waals surface area contributed by atoms with Gasteiger partial charge in [-0.25, -0.2) is 0 Å². The summed E-state index contributed by atoms with van der Waals surface area (Å²) in [5.74, 6) is 6.42. The molecule has 2 aliphatic heterocycles. The molecular weight excluding hydrogens is 417 g/mol. The molecule has 10 atom stereocenters. The van der Waals surface area contributed by atoms with Crippen LogP contribution < -0.4 is 0 Å². The molecule has 0 aromatic heterocycles. The lowest BCUT2D eigenvalue weighted by atomic mass is 9.66. The third kappa shape index (κ3) is 2.93. The van der Waals surface area contributed by atoms with Crippen LogP contribution in [0.2, 0.25) is 24.2 Å². The fourth-order valence-corrected chi connectivity index (χ4v) is 20.4. The van der Waals surface area contributed by atoms with Gasteiger partial charge in [-0.2, -0.15) is 0 Å². The van der Waals surface area contributed by atoms with Crippen molar-refractivity contribution in [3.63, 3.8) is 0 Å². The quantitative estimate of drug-likeness (QED) is 0.302. The highest BCUT2D eigenvalue weighted by atomic mass is 32.2. The van der Waals surface area contributed by atoms with E-state index in [0.29, 0.717) is 0 Å². The molecule has 0 saturated heterocycles. The van der Waals surface area contributed by atoms with E-state index in [1.807, 2.05) is 0 Å². The van der Waals surface area contributed by atoms with Crippen LogP contribution in [0.15, 0.2) is 34.1 Å². The first-order valence-electron chi connectivity index (χ1n) is 12.7. The summed E-state index contributed by atoms with van der Waals surface area (Å²) in [6.07, 6.45) is 18.3. The van der Waals surface area contributed by atoms with Crippen LogP contribution in [-0.4, -0.2) is 18.6 Å². The van der Waals surface area contributed by atoms with E-state index in [0.717, 1.165) is 63.0 Å². The minimum absolute atomic E-state index is 0.818. The Morgan fingerprint density at radius 1 is 0.800 bits per heavy atom. The highest BCUT2D eigenvalue weighted by Crippen LogP contribution is 2.69. The summed E-state index contributed by atoms with van der Waals surface area (Å²) >= 11 is 4.54. The largest absolute Gasteiger partial charge is 0.127 e. The zero-order valence-corrected chi connectivity index (χ0v) is 22.1.